The molecule has 4 atom stereocenters. The molecular formula is C16H29F3N2. The van der Waals surface area contributed by atoms with Crippen LogP contribution in [0.25, 0.3) is 0 Å². The van der Waals surface area contributed by atoms with Gasteiger partial charge in [-0.2, -0.15) is 13.2 Å². The molecule has 0 aromatic rings. The number of nitrogens with zero attached hydrogens (tertiary/aromatic N) is 1. The highest BCUT2D eigenvalue weighted by Gasteiger charge is 2.42. The Bertz CT molecular complexity index is 319. The van der Waals surface area contributed by atoms with Gasteiger partial charge >= 0.3 is 6.18 Å². The maximum Gasteiger partial charge on any atom is 0.393 e. The molecule has 1 saturated carbocycles. The molecule has 0 aromatic heterocycles. The number of nitrogens with two attached hydrogens (primary N) is 1. The molecule has 0 spiro atoms. The summed E-state index contributed by atoms with van der Waals surface area (Å²) in [5.41, 5.74) is 6.23. The lowest BCUT2D eigenvalue weighted by atomic mass is 9.76. The first kappa shape index (κ1) is 17.1. The topological polar surface area (TPSA) is 29.3 Å². The molecule has 1 heterocycles. The second-order valence-electron chi connectivity index (χ2n) is 7.03. The van der Waals surface area contributed by atoms with Crippen molar-refractivity contribution in [1.29, 1.82) is 0 Å². The number of hydrogen-bond acceptors (Lipinski definition) is 2. The van der Waals surface area contributed by atoms with Crippen molar-refractivity contribution in [2.45, 2.75) is 64.1 Å². The highest BCUT2D eigenvalue weighted by atomic mass is 19.4. The average Bonchev–Trinajstić information content (AvgIpc) is 2.42. The predicted octanol–water partition coefficient (Wildman–Crippen LogP) is 3.80. The zero-order valence-electron chi connectivity index (χ0n) is 13.0. The molecule has 5 heteroatoms. The minimum absolute atomic E-state index is 0.171. The SMILES string of the molecule is CCCC1CCC(N)C(CN2CCCC(C(F)(F)F)C2)C1. The molecule has 2 fully saturated rings. The quantitative estimate of drug-likeness (QED) is 0.856. The van der Waals surface area contributed by atoms with Crippen LogP contribution in [0.2, 0.25) is 0 Å². The second-order valence-corrected chi connectivity index (χ2v) is 7.03. The van der Waals surface area contributed by atoms with E-state index in [-0.39, 0.29) is 19.0 Å². The van der Waals surface area contributed by atoms with E-state index in [4.69, 9.17) is 5.73 Å². The summed E-state index contributed by atoms with van der Waals surface area (Å²) in [4.78, 5) is 2.01. The van der Waals surface area contributed by atoms with Crippen LogP contribution in [0.1, 0.15) is 51.9 Å². The Morgan fingerprint density at radius 1 is 1.19 bits per heavy atom. The molecule has 0 amide bonds. The lowest BCUT2D eigenvalue weighted by Gasteiger charge is -2.40. The summed E-state index contributed by atoms with van der Waals surface area (Å²) in [6, 6.07) is 0.171. The van der Waals surface area contributed by atoms with Crippen molar-refractivity contribution >= 4 is 0 Å². The molecule has 1 saturated heterocycles. The Hall–Kier alpha value is -0.290. The molecule has 21 heavy (non-hydrogen) atoms. The fourth-order valence-electron chi connectivity index (χ4n) is 4.09. The van der Waals surface area contributed by atoms with Gasteiger partial charge in [0, 0.05) is 19.1 Å². The van der Waals surface area contributed by atoms with Crippen LogP contribution in [-0.4, -0.2) is 36.8 Å². The molecule has 2 rings (SSSR count). The van der Waals surface area contributed by atoms with Crippen molar-refractivity contribution in [2.75, 3.05) is 19.6 Å². The van der Waals surface area contributed by atoms with Crippen LogP contribution in [0.5, 0.6) is 0 Å². The Morgan fingerprint density at radius 2 is 1.95 bits per heavy atom. The van der Waals surface area contributed by atoms with Crippen molar-refractivity contribution in [1.82, 2.24) is 4.90 Å². The second kappa shape index (κ2) is 7.32. The Kier molecular flexibility index (Phi) is 5.95. The molecule has 0 radical (unpaired) electrons. The van der Waals surface area contributed by atoms with Crippen LogP contribution in [0.4, 0.5) is 13.2 Å². The van der Waals surface area contributed by atoms with Crippen molar-refractivity contribution in [3.8, 4) is 0 Å². The average molecular weight is 306 g/mol. The maximum absolute atomic E-state index is 12.9. The summed E-state index contributed by atoms with van der Waals surface area (Å²) in [7, 11) is 0. The smallest absolute Gasteiger partial charge is 0.327 e. The first-order valence-electron chi connectivity index (χ1n) is 8.44. The zero-order chi connectivity index (χ0) is 15.5. The lowest BCUT2D eigenvalue weighted by molar-refractivity contribution is -0.187. The van der Waals surface area contributed by atoms with Gasteiger partial charge in [-0.3, -0.25) is 0 Å². The number of hydrogen-bond donors (Lipinski definition) is 1. The standard InChI is InChI=1S/C16H29F3N2/c1-2-4-12-6-7-15(20)13(9-12)10-21-8-3-5-14(11-21)16(17,18)19/h12-15H,2-11,20H2,1H3. The number of rotatable bonds is 4. The summed E-state index contributed by atoms with van der Waals surface area (Å²) in [5, 5.41) is 0. The van der Waals surface area contributed by atoms with Crippen molar-refractivity contribution in [3.63, 3.8) is 0 Å². The summed E-state index contributed by atoms with van der Waals surface area (Å²) >= 11 is 0. The van der Waals surface area contributed by atoms with Crippen molar-refractivity contribution < 1.29 is 13.2 Å². The van der Waals surface area contributed by atoms with E-state index in [1.807, 2.05) is 4.90 Å². The number of piperidine rings is 1. The molecule has 124 valence electrons. The van der Waals surface area contributed by atoms with E-state index in [1.54, 1.807) is 0 Å². The number of likely N-dealkylation sites (tertiary alicyclic amines) is 1. The van der Waals surface area contributed by atoms with Gasteiger partial charge in [0.05, 0.1) is 5.92 Å². The summed E-state index contributed by atoms with van der Waals surface area (Å²) in [6.45, 7) is 3.93. The van der Waals surface area contributed by atoms with Gasteiger partial charge in [-0.1, -0.05) is 19.8 Å². The van der Waals surface area contributed by atoms with Gasteiger partial charge in [0.25, 0.3) is 0 Å². The molecule has 2 aliphatic rings. The molecule has 2 N–H and O–H groups in total. The van der Waals surface area contributed by atoms with Gasteiger partial charge in [0.15, 0.2) is 0 Å². The van der Waals surface area contributed by atoms with Gasteiger partial charge in [-0.15, -0.1) is 0 Å². The van der Waals surface area contributed by atoms with Gasteiger partial charge in [0.1, 0.15) is 0 Å². The van der Waals surface area contributed by atoms with E-state index in [0.717, 1.165) is 31.8 Å². The van der Waals surface area contributed by atoms with Crippen LogP contribution >= 0.6 is 0 Å². The molecule has 2 nitrogen and oxygen atoms in total. The first-order valence-corrected chi connectivity index (χ1v) is 8.44. The van der Waals surface area contributed by atoms with Crippen LogP contribution < -0.4 is 5.73 Å². The molecule has 1 aliphatic carbocycles. The predicted molar refractivity (Wildman–Crippen MR) is 78.9 cm³/mol. The Balaban J connectivity index is 1.87. The maximum atomic E-state index is 12.9. The third-order valence-corrected chi connectivity index (χ3v) is 5.31. The van der Waals surface area contributed by atoms with E-state index in [0.29, 0.717) is 12.3 Å². The highest BCUT2D eigenvalue weighted by molar-refractivity contribution is 4.86. The summed E-state index contributed by atoms with van der Waals surface area (Å²) in [5.74, 6) is -0.0391. The van der Waals surface area contributed by atoms with E-state index in [9.17, 15) is 13.2 Å². The minimum Gasteiger partial charge on any atom is -0.327 e. The van der Waals surface area contributed by atoms with Crippen LogP contribution in [0.3, 0.4) is 0 Å². The number of alkyl halides is 3. The Labute approximate surface area is 126 Å². The fourth-order valence-corrected chi connectivity index (χ4v) is 4.09. The van der Waals surface area contributed by atoms with E-state index < -0.39 is 12.1 Å². The van der Waals surface area contributed by atoms with Crippen molar-refractivity contribution in [3.05, 3.63) is 0 Å². The molecular weight excluding hydrogens is 277 g/mol. The largest absolute Gasteiger partial charge is 0.393 e. The first-order chi connectivity index (χ1) is 9.90. The van der Waals surface area contributed by atoms with E-state index >= 15 is 0 Å². The summed E-state index contributed by atoms with van der Waals surface area (Å²) < 4.78 is 38.6. The normalized spacial score (nSPS) is 35.9. The van der Waals surface area contributed by atoms with Crippen LogP contribution in [-0.2, 0) is 0 Å². The lowest BCUT2D eigenvalue weighted by Crippen LogP contribution is -2.48. The third-order valence-electron chi connectivity index (χ3n) is 5.31. The van der Waals surface area contributed by atoms with E-state index in [1.165, 1.54) is 19.3 Å². The minimum atomic E-state index is -4.04. The van der Waals surface area contributed by atoms with Crippen LogP contribution in [0.15, 0.2) is 0 Å². The van der Waals surface area contributed by atoms with Crippen molar-refractivity contribution in [2.24, 2.45) is 23.5 Å². The van der Waals surface area contributed by atoms with Gasteiger partial charge in [-0.25, -0.2) is 0 Å². The Morgan fingerprint density at radius 3 is 2.62 bits per heavy atom. The van der Waals surface area contributed by atoms with Crippen LogP contribution in [0, 0.1) is 17.8 Å². The summed E-state index contributed by atoms with van der Waals surface area (Å²) in [6.07, 6.45) is 2.64. The number of halogens is 3. The zero-order valence-corrected chi connectivity index (χ0v) is 13.0. The molecule has 0 aromatic carbocycles. The van der Waals surface area contributed by atoms with Gasteiger partial charge in [-0.05, 0) is 50.5 Å². The fraction of sp³-hybridized carbons (Fsp3) is 1.00. The molecule has 0 bridgehead atoms. The molecule has 1 aliphatic heterocycles. The third kappa shape index (κ3) is 4.85. The highest BCUT2D eigenvalue weighted by Crippen LogP contribution is 2.35. The van der Waals surface area contributed by atoms with Gasteiger partial charge < -0.3 is 10.6 Å². The monoisotopic (exact) mass is 306 g/mol. The van der Waals surface area contributed by atoms with Gasteiger partial charge in [0.2, 0.25) is 0 Å². The van der Waals surface area contributed by atoms with E-state index in [2.05, 4.69) is 6.92 Å². The molecule has 4 unspecified atom stereocenters.